The Morgan fingerprint density at radius 2 is 1.86 bits per heavy atom. The summed E-state index contributed by atoms with van der Waals surface area (Å²) in [7, 11) is 0. The van der Waals surface area contributed by atoms with Gasteiger partial charge in [-0.2, -0.15) is 5.10 Å². The molecular formula is C28H34N6O3. The van der Waals surface area contributed by atoms with E-state index >= 15 is 0 Å². The molecule has 3 atom stereocenters. The molecular weight excluding hydrogens is 468 g/mol. The molecule has 0 spiro atoms. The van der Waals surface area contributed by atoms with Crippen molar-refractivity contribution in [1.82, 2.24) is 25.4 Å². The van der Waals surface area contributed by atoms with Gasteiger partial charge in [0.05, 0.1) is 29.5 Å². The predicted octanol–water partition coefficient (Wildman–Crippen LogP) is 3.54. The van der Waals surface area contributed by atoms with E-state index in [1.54, 1.807) is 10.7 Å². The lowest BCUT2D eigenvalue weighted by molar-refractivity contribution is -0.133. The molecule has 1 saturated carbocycles. The summed E-state index contributed by atoms with van der Waals surface area (Å²) in [6.45, 7) is 3.87. The highest BCUT2D eigenvalue weighted by molar-refractivity contribution is 6.08. The number of rotatable bonds is 7. The fourth-order valence-corrected chi connectivity index (χ4v) is 6.06. The van der Waals surface area contributed by atoms with E-state index < -0.39 is 0 Å². The predicted molar refractivity (Wildman–Crippen MR) is 140 cm³/mol. The van der Waals surface area contributed by atoms with Gasteiger partial charge in [-0.15, -0.1) is 0 Å². The van der Waals surface area contributed by atoms with Crippen molar-refractivity contribution in [2.45, 2.75) is 44.6 Å². The zero-order valence-electron chi connectivity index (χ0n) is 21.0. The number of carbonyl (C=O) groups excluding carboxylic acids is 2. The van der Waals surface area contributed by atoms with Crippen molar-refractivity contribution in [3.05, 3.63) is 59.9 Å². The van der Waals surface area contributed by atoms with Crippen molar-refractivity contribution in [1.29, 1.82) is 0 Å². The second kappa shape index (κ2) is 10.5. The number of nitrogens with one attached hydrogen (secondary N) is 3. The van der Waals surface area contributed by atoms with Crippen LogP contribution in [0.3, 0.4) is 0 Å². The number of hydrogen-bond donors (Lipinski definition) is 3. The molecule has 1 aliphatic carbocycles. The molecule has 3 aliphatic rings. The van der Waals surface area contributed by atoms with E-state index in [9.17, 15) is 9.59 Å². The Bertz CT molecular complexity index is 1270. The summed E-state index contributed by atoms with van der Waals surface area (Å²) in [5.41, 5.74) is 9.14. The van der Waals surface area contributed by atoms with Crippen LogP contribution in [0, 0.1) is 11.8 Å². The number of nitrogens with zero attached hydrogens (tertiary/aromatic N) is 3. The Kier molecular flexibility index (Phi) is 6.80. The van der Waals surface area contributed by atoms with Crippen LogP contribution >= 0.6 is 0 Å². The van der Waals surface area contributed by atoms with Crippen LogP contribution < -0.4 is 20.9 Å². The van der Waals surface area contributed by atoms with Crippen LogP contribution in [-0.4, -0.2) is 52.6 Å². The Morgan fingerprint density at radius 3 is 2.70 bits per heavy atom. The number of likely N-dealkylation sites (tertiary alicyclic amines) is 1. The smallest absolute Gasteiger partial charge is 0.259 e. The second-order valence-corrected chi connectivity index (χ2v) is 10.4. The standard InChI is InChI=1S/C28H34N6O3/c35-27(24-17-29-34-18-21(11-12-25(24)34)37-16-15-33-13-3-4-14-33)30-20-9-7-19(8-10-20)26-22-5-1-2-6-23(22)28(36)32-31-26/h7-12,17-18,22-23,26,31H,1-6,13-16H2,(H,30,35)(H,32,36). The maximum absolute atomic E-state index is 13.0. The van der Waals surface area contributed by atoms with Crippen molar-refractivity contribution < 1.29 is 14.3 Å². The molecule has 3 unspecified atom stereocenters. The van der Waals surface area contributed by atoms with E-state index in [1.807, 2.05) is 42.6 Å². The van der Waals surface area contributed by atoms with Gasteiger partial charge in [0.1, 0.15) is 12.4 Å². The summed E-state index contributed by atoms with van der Waals surface area (Å²) in [6.07, 6.45) is 10.2. The number of fused-ring (bicyclic) bond motifs is 2. The van der Waals surface area contributed by atoms with Crippen LogP contribution in [-0.2, 0) is 4.79 Å². The first-order valence-electron chi connectivity index (χ1n) is 13.4. The molecule has 2 saturated heterocycles. The van der Waals surface area contributed by atoms with Gasteiger partial charge in [0.25, 0.3) is 5.91 Å². The van der Waals surface area contributed by atoms with E-state index in [4.69, 9.17) is 4.74 Å². The van der Waals surface area contributed by atoms with Crippen LogP contribution in [0.15, 0.2) is 48.8 Å². The summed E-state index contributed by atoms with van der Waals surface area (Å²) in [6, 6.07) is 11.7. The van der Waals surface area contributed by atoms with E-state index in [2.05, 4.69) is 26.2 Å². The number of anilines is 1. The maximum Gasteiger partial charge on any atom is 0.259 e. The average molecular weight is 503 g/mol. The molecule has 9 heteroatoms. The number of ether oxygens (including phenoxy) is 1. The molecule has 2 aromatic heterocycles. The van der Waals surface area contributed by atoms with Gasteiger partial charge in [-0.05, 0) is 74.5 Å². The number of aromatic nitrogens is 2. The first-order chi connectivity index (χ1) is 18.2. The fraction of sp³-hybridized carbons (Fsp3) is 0.464. The van der Waals surface area contributed by atoms with Crippen molar-refractivity contribution in [3.8, 4) is 5.75 Å². The molecule has 9 nitrogen and oxygen atoms in total. The van der Waals surface area contributed by atoms with Gasteiger partial charge >= 0.3 is 0 Å². The number of hydrazine groups is 1. The third-order valence-electron chi connectivity index (χ3n) is 8.07. The molecule has 3 aromatic rings. The number of hydrogen-bond acceptors (Lipinski definition) is 6. The van der Waals surface area contributed by atoms with E-state index in [0.717, 1.165) is 67.8 Å². The summed E-state index contributed by atoms with van der Waals surface area (Å²) in [4.78, 5) is 27.7. The zero-order chi connectivity index (χ0) is 25.2. The quantitative estimate of drug-likeness (QED) is 0.457. The first-order valence-corrected chi connectivity index (χ1v) is 13.4. The number of amides is 2. The highest BCUT2D eigenvalue weighted by Crippen LogP contribution is 2.40. The monoisotopic (exact) mass is 502 g/mol. The molecule has 1 aromatic carbocycles. The van der Waals surface area contributed by atoms with Gasteiger partial charge in [0.2, 0.25) is 5.91 Å². The molecule has 3 fully saturated rings. The van der Waals surface area contributed by atoms with Crippen molar-refractivity contribution in [2.24, 2.45) is 11.8 Å². The van der Waals surface area contributed by atoms with E-state index in [-0.39, 0.29) is 23.8 Å². The van der Waals surface area contributed by atoms with Crippen molar-refractivity contribution >= 4 is 23.0 Å². The van der Waals surface area contributed by atoms with Gasteiger partial charge in [-0.25, -0.2) is 9.94 Å². The molecule has 37 heavy (non-hydrogen) atoms. The normalized spacial score (nSPS) is 24.0. The topological polar surface area (TPSA) is 100 Å². The fourth-order valence-electron chi connectivity index (χ4n) is 6.06. The lowest BCUT2D eigenvalue weighted by atomic mass is 9.72. The van der Waals surface area contributed by atoms with Gasteiger partial charge in [-0.3, -0.25) is 19.9 Å². The van der Waals surface area contributed by atoms with Crippen molar-refractivity contribution in [2.75, 3.05) is 31.6 Å². The van der Waals surface area contributed by atoms with Crippen LogP contribution in [0.25, 0.3) is 5.52 Å². The van der Waals surface area contributed by atoms with Crippen LogP contribution in [0.4, 0.5) is 5.69 Å². The van der Waals surface area contributed by atoms with Crippen LogP contribution in [0.5, 0.6) is 5.75 Å². The summed E-state index contributed by atoms with van der Waals surface area (Å²) >= 11 is 0. The Labute approximate surface area is 216 Å². The first kappa shape index (κ1) is 23.9. The highest BCUT2D eigenvalue weighted by atomic mass is 16.5. The van der Waals surface area contributed by atoms with E-state index in [1.165, 1.54) is 12.8 Å². The van der Waals surface area contributed by atoms with E-state index in [0.29, 0.717) is 18.1 Å². The Morgan fingerprint density at radius 1 is 1.05 bits per heavy atom. The third-order valence-corrected chi connectivity index (χ3v) is 8.07. The Balaban J connectivity index is 1.09. The maximum atomic E-state index is 13.0. The Hall–Kier alpha value is -3.43. The third kappa shape index (κ3) is 5.06. The lowest BCUT2D eigenvalue weighted by Crippen LogP contribution is -2.55. The largest absolute Gasteiger partial charge is 0.491 e. The minimum atomic E-state index is -0.208. The van der Waals surface area contributed by atoms with Gasteiger partial charge in [0.15, 0.2) is 0 Å². The second-order valence-electron chi connectivity index (χ2n) is 10.4. The lowest BCUT2D eigenvalue weighted by Gasteiger charge is -2.41. The number of pyridine rings is 1. The molecule has 2 amide bonds. The molecule has 2 aliphatic heterocycles. The molecule has 3 N–H and O–H groups in total. The van der Waals surface area contributed by atoms with Crippen molar-refractivity contribution in [3.63, 3.8) is 0 Å². The molecule has 6 rings (SSSR count). The number of benzene rings is 1. The molecule has 0 bridgehead atoms. The number of carbonyl (C=O) groups is 2. The SMILES string of the molecule is O=C(Nc1ccc(C2NNC(=O)C3CCCCC32)cc1)c1cnn2cc(OCCN3CCCC3)ccc12. The highest BCUT2D eigenvalue weighted by Gasteiger charge is 2.40. The minimum Gasteiger partial charge on any atom is -0.491 e. The van der Waals surface area contributed by atoms with Crippen LogP contribution in [0.1, 0.15) is 60.5 Å². The van der Waals surface area contributed by atoms with Gasteiger partial charge in [-0.1, -0.05) is 25.0 Å². The summed E-state index contributed by atoms with van der Waals surface area (Å²) in [5.74, 6) is 1.02. The van der Waals surface area contributed by atoms with Gasteiger partial charge in [0, 0.05) is 18.2 Å². The summed E-state index contributed by atoms with van der Waals surface area (Å²) < 4.78 is 7.60. The molecule has 4 heterocycles. The minimum absolute atomic E-state index is 0.0750. The molecule has 0 radical (unpaired) electrons. The van der Waals surface area contributed by atoms with Gasteiger partial charge < -0.3 is 10.1 Å². The summed E-state index contributed by atoms with van der Waals surface area (Å²) in [5, 5.41) is 7.36. The molecule has 194 valence electrons. The average Bonchev–Trinajstić information content (AvgIpc) is 3.60. The van der Waals surface area contributed by atoms with Crippen LogP contribution in [0.2, 0.25) is 0 Å². The zero-order valence-corrected chi connectivity index (χ0v) is 21.0.